The van der Waals surface area contributed by atoms with Crippen LogP contribution < -0.4 is 5.32 Å². The van der Waals surface area contributed by atoms with Crippen LogP contribution in [0, 0.1) is 0 Å². The lowest BCUT2D eigenvalue weighted by Gasteiger charge is -2.35. The monoisotopic (exact) mass is 380 g/mol. The SMILES string of the molecule is O=C1N=Cc2cccc(Nc3cccc(-c4nncn4C4CC(F)(F)C4)n3)c21. The molecule has 1 amide bonds. The fourth-order valence-electron chi connectivity index (χ4n) is 3.50. The van der Waals surface area contributed by atoms with E-state index in [2.05, 4.69) is 25.5 Å². The van der Waals surface area contributed by atoms with Crippen LogP contribution in [0.5, 0.6) is 0 Å². The van der Waals surface area contributed by atoms with Gasteiger partial charge in [-0.1, -0.05) is 18.2 Å². The highest BCUT2D eigenvalue weighted by atomic mass is 19.3. The Morgan fingerprint density at radius 2 is 1.96 bits per heavy atom. The van der Waals surface area contributed by atoms with Gasteiger partial charge in [-0.2, -0.15) is 0 Å². The maximum Gasteiger partial charge on any atom is 0.279 e. The van der Waals surface area contributed by atoms with Crippen LogP contribution >= 0.6 is 0 Å². The minimum Gasteiger partial charge on any atom is -0.340 e. The van der Waals surface area contributed by atoms with Crippen LogP contribution in [0.15, 0.2) is 47.7 Å². The van der Waals surface area contributed by atoms with Gasteiger partial charge in [0.05, 0.1) is 11.3 Å². The van der Waals surface area contributed by atoms with Gasteiger partial charge in [0.2, 0.25) is 0 Å². The molecule has 0 bridgehead atoms. The van der Waals surface area contributed by atoms with Crippen molar-refractivity contribution in [2.24, 2.45) is 4.99 Å². The van der Waals surface area contributed by atoms with Crippen LogP contribution in [0.1, 0.15) is 34.8 Å². The van der Waals surface area contributed by atoms with Gasteiger partial charge in [-0.15, -0.1) is 10.2 Å². The molecule has 1 N–H and O–H groups in total. The molecule has 5 rings (SSSR count). The second kappa shape index (κ2) is 6.01. The smallest absolute Gasteiger partial charge is 0.279 e. The first kappa shape index (κ1) is 16.7. The van der Waals surface area contributed by atoms with E-state index in [4.69, 9.17) is 0 Å². The van der Waals surface area contributed by atoms with Gasteiger partial charge in [-0.3, -0.25) is 4.79 Å². The molecule has 0 radical (unpaired) electrons. The summed E-state index contributed by atoms with van der Waals surface area (Å²) in [6.45, 7) is 0. The second-order valence-corrected chi connectivity index (χ2v) is 6.85. The average molecular weight is 380 g/mol. The zero-order valence-corrected chi connectivity index (χ0v) is 14.5. The number of hydrogen-bond acceptors (Lipinski definition) is 5. The van der Waals surface area contributed by atoms with Gasteiger partial charge in [0.1, 0.15) is 17.8 Å². The molecule has 1 aliphatic carbocycles. The summed E-state index contributed by atoms with van der Waals surface area (Å²) in [4.78, 5) is 20.3. The van der Waals surface area contributed by atoms with Crippen molar-refractivity contribution in [3.63, 3.8) is 0 Å². The number of nitrogens with zero attached hydrogens (tertiary/aromatic N) is 5. The normalized spacial score (nSPS) is 17.4. The van der Waals surface area contributed by atoms with Crippen LogP contribution in [0.3, 0.4) is 0 Å². The van der Waals surface area contributed by atoms with Crippen molar-refractivity contribution in [2.75, 3.05) is 5.32 Å². The first-order valence-corrected chi connectivity index (χ1v) is 8.73. The Bertz CT molecular complexity index is 1120. The van der Waals surface area contributed by atoms with Gasteiger partial charge in [0.15, 0.2) is 5.82 Å². The average Bonchev–Trinajstić information content (AvgIpc) is 3.28. The fourth-order valence-corrected chi connectivity index (χ4v) is 3.50. The van der Waals surface area contributed by atoms with Crippen LogP contribution in [0.4, 0.5) is 20.3 Å². The van der Waals surface area contributed by atoms with Gasteiger partial charge in [0.25, 0.3) is 11.8 Å². The lowest BCUT2D eigenvalue weighted by atomic mass is 9.88. The van der Waals surface area contributed by atoms with Crippen LogP contribution in [-0.2, 0) is 0 Å². The zero-order chi connectivity index (χ0) is 19.3. The quantitative estimate of drug-likeness (QED) is 0.747. The molecule has 28 heavy (non-hydrogen) atoms. The molecule has 0 unspecified atom stereocenters. The number of aromatic nitrogens is 4. The Hall–Kier alpha value is -3.49. The van der Waals surface area contributed by atoms with Crippen molar-refractivity contribution in [1.29, 1.82) is 0 Å². The number of aliphatic imine (C=N–C) groups is 1. The van der Waals surface area contributed by atoms with Crippen molar-refractivity contribution in [1.82, 2.24) is 19.7 Å². The first-order valence-electron chi connectivity index (χ1n) is 8.73. The van der Waals surface area contributed by atoms with E-state index in [1.54, 1.807) is 28.8 Å². The number of nitrogens with one attached hydrogen (secondary N) is 1. The molecule has 3 heterocycles. The summed E-state index contributed by atoms with van der Waals surface area (Å²) in [7, 11) is 0. The van der Waals surface area contributed by atoms with E-state index in [9.17, 15) is 13.6 Å². The van der Waals surface area contributed by atoms with Gasteiger partial charge in [0, 0.05) is 30.7 Å². The van der Waals surface area contributed by atoms with E-state index in [0.29, 0.717) is 28.6 Å². The number of anilines is 2. The molecule has 9 heteroatoms. The van der Waals surface area contributed by atoms with E-state index in [1.807, 2.05) is 12.1 Å². The van der Waals surface area contributed by atoms with Crippen molar-refractivity contribution in [3.05, 3.63) is 53.9 Å². The minimum absolute atomic E-state index is 0.228. The Kier molecular flexibility index (Phi) is 3.58. The highest BCUT2D eigenvalue weighted by Gasteiger charge is 2.47. The van der Waals surface area contributed by atoms with Crippen molar-refractivity contribution in [3.8, 4) is 11.5 Å². The van der Waals surface area contributed by atoms with E-state index >= 15 is 0 Å². The maximum absolute atomic E-state index is 13.2. The number of amides is 1. The van der Waals surface area contributed by atoms with Gasteiger partial charge >= 0.3 is 0 Å². The molecular formula is C19H14F2N6O. The summed E-state index contributed by atoms with van der Waals surface area (Å²) < 4.78 is 28.1. The summed E-state index contributed by atoms with van der Waals surface area (Å²) in [6, 6.07) is 10.3. The predicted molar refractivity (Wildman–Crippen MR) is 98.1 cm³/mol. The van der Waals surface area contributed by atoms with E-state index in [0.717, 1.165) is 5.56 Å². The molecule has 0 spiro atoms. The van der Waals surface area contributed by atoms with Gasteiger partial charge < -0.3 is 9.88 Å². The van der Waals surface area contributed by atoms with Crippen molar-refractivity contribution in [2.45, 2.75) is 24.8 Å². The number of alkyl halides is 2. The number of hydrogen-bond donors (Lipinski definition) is 1. The molecule has 3 aromatic rings. The third-order valence-corrected chi connectivity index (χ3v) is 4.91. The Balaban J connectivity index is 1.44. The maximum atomic E-state index is 13.2. The molecule has 1 aromatic carbocycles. The van der Waals surface area contributed by atoms with Crippen LogP contribution in [0.2, 0.25) is 0 Å². The largest absolute Gasteiger partial charge is 0.340 e. The third-order valence-electron chi connectivity index (χ3n) is 4.91. The van der Waals surface area contributed by atoms with Crippen molar-refractivity contribution < 1.29 is 13.6 Å². The predicted octanol–water partition coefficient (Wildman–Crippen LogP) is 3.63. The van der Waals surface area contributed by atoms with E-state index < -0.39 is 5.92 Å². The molecule has 0 saturated heterocycles. The highest BCUT2D eigenvalue weighted by Crippen LogP contribution is 2.46. The number of fused-ring (bicyclic) bond motifs is 1. The first-order chi connectivity index (χ1) is 13.5. The Morgan fingerprint density at radius 3 is 2.79 bits per heavy atom. The molecule has 2 aromatic heterocycles. The van der Waals surface area contributed by atoms with E-state index in [1.165, 1.54) is 12.5 Å². The molecule has 0 atom stereocenters. The van der Waals surface area contributed by atoms with Gasteiger partial charge in [-0.25, -0.2) is 18.8 Å². The number of pyridine rings is 1. The molecule has 1 fully saturated rings. The lowest BCUT2D eigenvalue weighted by Crippen LogP contribution is -2.37. The van der Waals surface area contributed by atoms with Crippen LogP contribution in [-0.4, -0.2) is 37.8 Å². The number of carbonyl (C=O) groups is 1. The summed E-state index contributed by atoms with van der Waals surface area (Å²) in [5.41, 5.74) is 2.35. The standard InChI is InChI=1S/C19H14F2N6O/c20-19(21)7-12(8-19)27-10-23-26-17(27)14-5-2-6-15(25-14)24-13-4-1-3-11-9-22-18(28)16(11)13/h1-6,9-10,12H,7-8H2,(H,24,25). The highest BCUT2D eigenvalue weighted by molar-refractivity contribution is 6.16. The molecule has 1 saturated carbocycles. The molecule has 1 aliphatic heterocycles. The Morgan fingerprint density at radius 1 is 1.14 bits per heavy atom. The Labute approximate surface area is 158 Å². The summed E-state index contributed by atoms with van der Waals surface area (Å²) in [6.07, 6.45) is 2.53. The number of halogens is 2. The molecule has 140 valence electrons. The summed E-state index contributed by atoms with van der Waals surface area (Å²) in [5, 5.41) is 11.1. The zero-order valence-electron chi connectivity index (χ0n) is 14.5. The third kappa shape index (κ3) is 2.75. The minimum atomic E-state index is -2.63. The lowest BCUT2D eigenvalue weighted by molar-refractivity contribution is -0.103. The molecule has 7 nitrogen and oxygen atoms in total. The fraction of sp³-hybridized carbons (Fsp3) is 0.211. The number of rotatable bonds is 4. The summed E-state index contributed by atoms with van der Waals surface area (Å²) in [5.74, 6) is -2.01. The topological polar surface area (TPSA) is 85.1 Å². The summed E-state index contributed by atoms with van der Waals surface area (Å²) >= 11 is 0. The molecule has 2 aliphatic rings. The number of carbonyl (C=O) groups excluding carboxylic acids is 1. The van der Waals surface area contributed by atoms with E-state index in [-0.39, 0.29) is 24.8 Å². The molecular weight excluding hydrogens is 366 g/mol. The van der Waals surface area contributed by atoms with Crippen LogP contribution in [0.25, 0.3) is 11.5 Å². The number of benzene rings is 1. The van der Waals surface area contributed by atoms with Gasteiger partial charge in [-0.05, 0) is 18.2 Å². The second-order valence-electron chi connectivity index (χ2n) is 6.85. The van der Waals surface area contributed by atoms with Crippen molar-refractivity contribution >= 4 is 23.6 Å².